The van der Waals surface area contributed by atoms with Crippen LogP contribution in [-0.4, -0.2) is 32.2 Å². The van der Waals surface area contributed by atoms with Gasteiger partial charge in [0.2, 0.25) is 0 Å². The van der Waals surface area contributed by atoms with Crippen LogP contribution < -0.4 is 9.47 Å². The minimum atomic E-state index is 0.147. The third-order valence-electron chi connectivity index (χ3n) is 4.54. The molecule has 4 heteroatoms. The number of fused-ring (bicyclic) bond motifs is 2. The number of hydrogen-bond acceptors (Lipinski definition) is 4. The van der Waals surface area contributed by atoms with Gasteiger partial charge in [-0.05, 0) is 43.4 Å². The van der Waals surface area contributed by atoms with E-state index in [1.807, 2.05) is 18.2 Å². The molecule has 114 valence electrons. The number of ketones is 1. The molecule has 21 heavy (non-hydrogen) atoms. The summed E-state index contributed by atoms with van der Waals surface area (Å²) in [6.45, 7) is 0. The second-order valence-electron chi connectivity index (χ2n) is 5.99. The summed E-state index contributed by atoms with van der Waals surface area (Å²) in [5, 5.41) is 0. The van der Waals surface area contributed by atoms with Gasteiger partial charge in [0.25, 0.3) is 0 Å². The van der Waals surface area contributed by atoms with Crippen molar-refractivity contribution in [3.05, 3.63) is 23.8 Å². The van der Waals surface area contributed by atoms with Gasteiger partial charge in [0, 0.05) is 18.4 Å². The summed E-state index contributed by atoms with van der Waals surface area (Å²) >= 11 is 0. The number of carbonyl (C=O) groups excluding carboxylic acids is 1. The Morgan fingerprint density at radius 3 is 2.19 bits per heavy atom. The van der Waals surface area contributed by atoms with Crippen molar-refractivity contribution in [1.29, 1.82) is 0 Å². The Hall–Kier alpha value is -1.55. The summed E-state index contributed by atoms with van der Waals surface area (Å²) in [7, 11) is 3.24. The van der Waals surface area contributed by atoms with Crippen LogP contribution in [-0.2, 0) is 16.0 Å². The van der Waals surface area contributed by atoms with Gasteiger partial charge in [-0.3, -0.25) is 4.79 Å². The maximum atomic E-state index is 12.5. The molecule has 2 saturated heterocycles. The van der Waals surface area contributed by atoms with E-state index in [4.69, 9.17) is 14.2 Å². The smallest absolute Gasteiger partial charge is 0.140 e. The van der Waals surface area contributed by atoms with Gasteiger partial charge >= 0.3 is 0 Å². The lowest BCUT2D eigenvalue weighted by Gasteiger charge is -2.27. The third-order valence-corrected chi connectivity index (χ3v) is 4.54. The lowest BCUT2D eigenvalue weighted by Crippen LogP contribution is -2.30. The molecule has 0 radical (unpaired) electrons. The van der Waals surface area contributed by atoms with E-state index in [0.717, 1.165) is 42.7 Å². The highest BCUT2D eigenvalue weighted by molar-refractivity contribution is 5.83. The molecule has 1 aromatic carbocycles. The van der Waals surface area contributed by atoms with E-state index >= 15 is 0 Å². The van der Waals surface area contributed by atoms with Gasteiger partial charge in [0.1, 0.15) is 17.3 Å². The van der Waals surface area contributed by atoms with Crippen LogP contribution in [0.3, 0.4) is 0 Å². The molecule has 0 spiro atoms. The quantitative estimate of drug-likeness (QED) is 0.836. The van der Waals surface area contributed by atoms with Crippen molar-refractivity contribution in [2.45, 2.75) is 44.3 Å². The van der Waals surface area contributed by atoms with Crippen molar-refractivity contribution in [1.82, 2.24) is 0 Å². The molecule has 3 rings (SSSR count). The van der Waals surface area contributed by atoms with E-state index in [-0.39, 0.29) is 5.92 Å². The number of methoxy groups -OCH3 is 2. The molecular weight excluding hydrogens is 268 g/mol. The van der Waals surface area contributed by atoms with Crippen LogP contribution in [0.1, 0.15) is 31.2 Å². The first-order valence-corrected chi connectivity index (χ1v) is 7.58. The van der Waals surface area contributed by atoms with Gasteiger partial charge < -0.3 is 14.2 Å². The summed E-state index contributed by atoms with van der Waals surface area (Å²) in [4.78, 5) is 12.5. The third kappa shape index (κ3) is 3.21. The van der Waals surface area contributed by atoms with Gasteiger partial charge in [-0.1, -0.05) is 0 Å². The Balaban J connectivity index is 1.69. The van der Waals surface area contributed by atoms with Crippen LogP contribution in [0.4, 0.5) is 0 Å². The standard InChI is InChI=1S/C17H22O4/c1-19-15-5-11(6-16(10-15)20-2)7-17(18)12-8-13-3-4-14(9-12)21-13/h5-6,10,12-14H,3-4,7-9H2,1-2H3. The molecule has 1 aromatic rings. The fraction of sp³-hybridized carbons (Fsp3) is 0.588. The Labute approximate surface area is 125 Å². The van der Waals surface area contributed by atoms with Gasteiger partial charge in [-0.25, -0.2) is 0 Å². The highest BCUT2D eigenvalue weighted by atomic mass is 16.5. The van der Waals surface area contributed by atoms with Crippen molar-refractivity contribution >= 4 is 5.78 Å². The molecule has 0 N–H and O–H groups in total. The number of benzene rings is 1. The van der Waals surface area contributed by atoms with Crippen LogP contribution in [0.15, 0.2) is 18.2 Å². The van der Waals surface area contributed by atoms with Crippen molar-refractivity contribution in [3.63, 3.8) is 0 Å². The van der Waals surface area contributed by atoms with Crippen LogP contribution >= 0.6 is 0 Å². The fourth-order valence-corrected chi connectivity index (χ4v) is 3.43. The average Bonchev–Trinajstić information content (AvgIpc) is 2.84. The van der Waals surface area contributed by atoms with Gasteiger partial charge in [0.05, 0.1) is 26.4 Å². The molecule has 2 aliphatic rings. The Morgan fingerprint density at radius 1 is 1.10 bits per heavy atom. The van der Waals surface area contributed by atoms with Crippen LogP contribution in [0.2, 0.25) is 0 Å². The minimum Gasteiger partial charge on any atom is -0.497 e. The highest BCUT2D eigenvalue weighted by Gasteiger charge is 2.37. The maximum absolute atomic E-state index is 12.5. The van der Waals surface area contributed by atoms with E-state index < -0.39 is 0 Å². The first-order chi connectivity index (χ1) is 10.2. The Morgan fingerprint density at radius 2 is 1.67 bits per heavy atom. The first-order valence-electron chi connectivity index (χ1n) is 7.58. The molecule has 2 heterocycles. The van der Waals surface area contributed by atoms with E-state index in [9.17, 15) is 4.79 Å². The van der Waals surface area contributed by atoms with Gasteiger partial charge in [-0.2, -0.15) is 0 Å². The lowest BCUT2D eigenvalue weighted by atomic mass is 9.88. The predicted octanol–water partition coefficient (Wildman–Crippen LogP) is 2.77. The normalized spacial score (nSPS) is 27.4. The minimum absolute atomic E-state index is 0.147. The molecule has 4 nitrogen and oxygen atoms in total. The molecule has 2 unspecified atom stereocenters. The molecular formula is C17H22O4. The monoisotopic (exact) mass is 290 g/mol. The largest absolute Gasteiger partial charge is 0.497 e. The summed E-state index contributed by atoms with van der Waals surface area (Å²) in [6.07, 6.45) is 5.04. The van der Waals surface area contributed by atoms with E-state index in [0.29, 0.717) is 24.4 Å². The zero-order valence-electron chi connectivity index (χ0n) is 12.6. The predicted molar refractivity (Wildman–Crippen MR) is 78.9 cm³/mol. The zero-order valence-corrected chi connectivity index (χ0v) is 12.6. The van der Waals surface area contributed by atoms with Crippen LogP contribution in [0.5, 0.6) is 11.5 Å². The number of rotatable bonds is 5. The van der Waals surface area contributed by atoms with Crippen molar-refractivity contribution < 1.29 is 19.0 Å². The highest BCUT2D eigenvalue weighted by Crippen LogP contribution is 2.36. The van der Waals surface area contributed by atoms with Crippen LogP contribution in [0, 0.1) is 5.92 Å². The number of carbonyl (C=O) groups is 1. The van der Waals surface area contributed by atoms with Crippen molar-refractivity contribution in [2.75, 3.05) is 14.2 Å². The first kappa shape index (κ1) is 14.4. The van der Waals surface area contributed by atoms with Crippen LogP contribution in [0.25, 0.3) is 0 Å². The SMILES string of the molecule is COc1cc(CC(=O)C2CC3CCC(C2)O3)cc(OC)c1. The Kier molecular flexibility index (Phi) is 4.15. The van der Waals surface area contributed by atoms with Gasteiger partial charge in [0.15, 0.2) is 0 Å². The summed E-state index contributed by atoms with van der Waals surface area (Å²) in [6, 6.07) is 5.64. The fourth-order valence-electron chi connectivity index (χ4n) is 3.43. The van der Waals surface area contributed by atoms with Crippen molar-refractivity contribution in [3.8, 4) is 11.5 Å². The molecule has 2 atom stereocenters. The van der Waals surface area contributed by atoms with Gasteiger partial charge in [-0.15, -0.1) is 0 Å². The topological polar surface area (TPSA) is 44.8 Å². The Bertz CT molecular complexity index is 491. The molecule has 0 saturated carbocycles. The maximum Gasteiger partial charge on any atom is 0.140 e. The van der Waals surface area contributed by atoms with E-state index in [1.165, 1.54) is 0 Å². The summed E-state index contributed by atoms with van der Waals surface area (Å²) in [5.74, 6) is 1.91. The molecule has 0 aromatic heterocycles. The van der Waals surface area contributed by atoms with Crippen molar-refractivity contribution in [2.24, 2.45) is 5.92 Å². The number of Topliss-reactive ketones (excluding diaryl/α,β-unsaturated/α-hetero) is 1. The van der Waals surface area contributed by atoms with E-state index in [1.54, 1.807) is 14.2 Å². The molecule has 0 amide bonds. The lowest BCUT2D eigenvalue weighted by molar-refractivity contribution is -0.127. The summed E-state index contributed by atoms with van der Waals surface area (Å²) < 4.78 is 16.3. The molecule has 2 aliphatic heterocycles. The van der Waals surface area contributed by atoms with E-state index in [2.05, 4.69) is 0 Å². The molecule has 0 aliphatic carbocycles. The second-order valence-corrected chi connectivity index (χ2v) is 5.99. The zero-order chi connectivity index (χ0) is 14.8. The number of ether oxygens (including phenoxy) is 3. The molecule has 2 bridgehead atoms. The average molecular weight is 290 g/mol. The second kappa shape index (κ2) is 6.06. The molecule has 2 fully saturated rings. The number of hydrogen-bond donors (Lipinski definition) is 0. The summed E-state index contributed by atoms with van der Waals surface area (Å²) in [5.41, 5.74) is 0.954.